The minimum Gasteiger partial charge on any atom is -0.352 e. The number of thiazole rings is 1. The average molecular weight is 320 g/mol. The molecule has 2 amide bonds. The Kier molecular flexibility index (Phi) is 4.19. The largest absolute Gasteiger partial charge is 0.352 e. The van der Waals surface area contributed by atoms with E-state index in [0.29, 0.717) is 30.9 Å². The number of nitrogens with zero attached hydrogens (tertiary/aromatic N) is 3. The molecule has 1 N–H and O–H groups in total. The van der Waals surface area contributed by atoms with E-state index in [4.69, 9.17) is 0 Å². The van der Waals surface area contributed by atoms with Crippen molar-refractivity contribution in [3.05, 3.63) is 33.7 Å². The molecule has 0 unspecified atom stereocenters. The van der Waals surface area contributed by atoms with Gasteiger partial charge in [-0.1, -0.05) is 0 Å². The Morgan fingerprint density at radius 1 is 1.41 bits per heavy atom. The van der Waals surface area contributed by atoms with Crippen LogP contribution in [0.2, 0.25) is 0 Å². The number of aromatic nitrogens is 2. The maximum absolute atomic E-state index is 12.1. The second-order valence-corrected chi connectivity index (χ2v) is 6.00. The molecule has 1 aliphatic heterocycles. The van der Waals surface area contributed by atoms with Gasteiger partial charge in [-0.05, 0) is 12.8 Å². The molecule has 1 saturated heterocycles. The molecule has 0 bridgehead atoms. The van der Waals surface area contributed by atoms with Crippen LogP contribution in [0.15, 0.2) is 22.6 Å². The van der Waals surface area contributed by atoms with E-state index in [9.17, 15) is 14.4 Å². The van der Waals surface area contributed by atoms with Crippen LogP contribution in [0.1, 0.15) is 29.6 Å². The molecule has 1 fully saturated rings. The Morgan fingerprint density at radius 3 is 3.05 bits per heavy atom. The molecule has 2 aromatic heterocycles. The second-order valence-electron chi connectivity index (χ2n) is 5.13. The minimum atomic E-state index is -0.425. The van der Waals surface area contributed by atoms with Gasteiger partial charge >= 0.3 is 0 Å². The SMILES string of the molecule is O=C(NCCCN1CCCC1=O)c1cnc2sccn2c1=O. The van der Waals surface area contributed by atoms with Gasteiger partial charge in [-0.15, -0.1) is 11.3 Å². The first-order valence-corrected chi connectivity index (χ1v) is 8.05. The quantitative estimate of drug-likeness (QED) is 0.813. The number of hydrogen-bond acceptors (Lipinski definition) is 5. The molecular weight excluding hydrogens is 304 g/mol. The molecule has 3 heterocycles. The maximum Gasteiger partial charge on any atom is 0.271 e. The van der Waals surface area contributed by atoms with E-state index in [1.54, 1.807) is 16.5 Å². The molecule has 22 heavy (non-hydrogen) atoms. The molecule has 0 spiro atoms. The van der Waals surface area contributed by atoms with Crippen molar-refractivity contribution in [3.63, 3.8) is 0 Å². The van der Waals surface area contributed by atoms with Crippen LogP contribution in [-0.2, 0) is 4.79 Å². The van der Waals surface area contributed by atoms with Crippen LogP contribution in [-0.4, -0.2) is 45.7 Å². The molecule has 7 nitrogen and oxygen atoms in total. The zero-order valence-electron chi connectivity index (χ0n) is 11.9. The molecule has 0 aliphatic carbocycles. The van der Waals surface area contributed by atoms with Crippen LogP contribution >= 0.6 is 11.3 Å². The van der Waals surface area contributed by atoms with Crippen molar-refractivity contribution in [2.75, 3.05) is 19.6 Å². The average Bonchev–Trinajstić information content (AvgIpc) is 3.13. The highest BCUT2D eigenvalue weighted by Gasteiger charge is 2.19. The van der Waals surface area contributed by atoms with E-state index >= 15 is 0 Å². The Morgan fingerprint density at radius 2 is 2.27 bits per heavy atom. The summed E-state index contributed by atoms with van der Waals surface area (Å²) >= 11 is 1.34. The Bertz CT molecular complexity index is 767. The van der Waals surface area contributed by atoms with Crippen LogP contribution < -0.4 is 10.9 Å². The van der Waals surface area contributed by atoms with E-state index < -0.39 is 5.91 Å². The summed E-state index contributed by atoms with van der Waals surface area (Å²) in [4.78, 5) is 42.1. The normalized spacial score (nSPS) is 14.7. The number of amides is 2. The number of rotatable bonds is 5. The first-order chi connectivity index (χ1) is 10.7. The van der Waals surface area contributed by atoms with Crippen molar-refractivity contribution in [2.45, 2.75) is 19.3 Å². The van der Waals surface area contributed by atoms with Crippen LogP contribution in [0.3, 0.4) is 0 Å². The fourth-order valence-corrected chi connectivity index (χ4v) is 3.16. The van der Waals surface area contributed by atoms with Crippen molar-refractivity contribution in [1.82, 2.24) is 19.6 Å². The molecule has 0 radical (unpaired) electrons. The Hall–Kier alpha value is -2.22. The molecule has 0 atom stereocenters. The number of nitrogens with one attached hydrogen (secondary N) is 1. The fraction of sp³-hybridized carbons (Fsp3) is 0.429. The topological polar surface area (TPSA) is 83.8 Å². The van der Waals surface area contributed by atoms with Gasteiger partial charge in [0, 0.05) is 43.8 Å². The van der Waals surface area contributed by atoms with Gasteiger partial charge in [-0.2, -0.15) is 0 Å². The zero-order valence-corrected chi connectivity index (χ0v) is 12.8. The van der Waals surface area contributed by atoms with Gasteiger partial charge < -0.3 is 10.2 Å². The first kappa shape index (κ1) is 14.7. The van der Waals surface area contributed by atoms with E-state index in [1.165, 1.54) is 21.9 Å². The zero-order chi connectivity index (χ0) is 15.5. The van der Waals surface area contributed by atoms with E-state index in [0.717, 1.165) is 13.0 Å². The van der Waals surface area contributed by atoms with Gasteiger partial charge in [0.1, 0.15) is 5.56 Å². The molecular formula is C14H16N4O3S. The van der Waals surface area contributed by atoms with Gasteiger partial charge in [0.2, 0.25) is 5.91 Å². The third-order valence-electron chi connectivity index (χ3n) is 3.65. The van der Waals surface area contributed by atoms with Gasteiger partial charge in [-0.25, -0.2) is 4.98 Å². The van der Waals surface area contributed by atoms with Crippen molar-refractivity contribution < 1.29 is 9.59 Å². The summed E-state index contributed by atoms with van der Waals surface area (Å²) < 4.78 is 1.36. The Labute approximate surface area is 130 Å². The number of carbonyl (C=O) groups excluding carboxylic acids is 2. The van der Waals surface area contributed by atoms with Crippen molar-refractivity contribution in [2.24, 2.45) is 0 Å². The number of hydrogen-bond donors (Lipinski definition) is 1. The van der Waals surface area contributed by atoms with Gasteiger partial charge in [-0.3, -0.25) is 18.8 Å². The number of carbonyl (C=O) groups is 2. The smallest absolute Gasteiger partial charge is 0.271 e. The predicted octanol–water partition coefficient (Wildman–Crippen LogP) is 0.498. The van der Waals surface area contributed by atoms with E-state index in [1.807, 2.05) is 0 Å². The monoisotopic (exact) mass is 320 g/mol. The lowest BCUT2D eigenvalue weighted by atomic mass is 10.3. The molecule has 0 aromatic carbocycles. The number of fused-ring (bicyclic) bond motifs is 1. The van der Waals surface area contributed by atoms with Gasteiger partial charge in [0.15, 0.2) is 4.96 Å². The lowest BCUT2D eigenvalue weighted by molar-refractivity contribution is -0.127. The van der Waals surface area contributed by atoms with Gasteiger partial charge in [0.05, 0.1) is 0 Å². The summed E-state index contributed by atoms with van der Waals surface area (Å²) in [5.41, 5.74) is -0.327. The Balaban J connectivity index is 1.56. The lowest BCUT2D eigenvalue weighted by Crippen LogP contribution is -2.33. The van der Waals surface area contributed by atoms with Gasteiger partial charge in [0.25, 0.3) is 11.5 Å². The minimum absolute atomic E-state index is 0.0353. The first-order valence-electron chi connectivity index (χ1n) is 7.17. The van der Waals surface area contributed by atoms with Crippen LogP contribution in [0, 0.1) is 0 Å². The molecule has 8 heteroatoms. The van der Waals surface area contributed by atoms with E-state index in [2.05, 4.69) is 10.3 Å². The summed E-state index contributed by atoms with van der Waals surface area (Å²) in [6.45, 7) is 1.86. The third kappa shape index (κ3) is 2.87. The predicted molar refractivity (Wildman–Crippen MR) is 82.1 cm³/mol. The van der Waals surface area contributed by atoms with Crippen LogP contribution in [0.25, 0.3) is 4.96 Å². The molecule has 2 aromatic rings. The van der Waals surface area contributed by atoms with Crippen molar-refractivity contribution >= 4 is 28.1 Å². The second kappa shape index (κ2) is 6.27. The van der Waals surface area contributed by atoms with Crippen molar-refractivity contribution in [1.29, 1.82) is 0 Å². The van der Waals surface area contributed by atoms with Crippen molar-refractivity contribution in [3.8, 4) is 0 Å². The van der Waals surface area contributed by atoms with Crippen LogP contribution in [0.5, 0.6) is 0 Å². The molecule has 1 aliphatic rings. The number of likely N-dealkylation sites (tertiary alicyclic amines) is 1. The highest BCUT2D eigenvalue weighted by Crippen LogP contribution is 2.09. The standard InChI is InChI=1S/C14H16N4O3S/c19-11-3-1-5-17(11)6-2-4-15-12(20)10-9-16-14-18(13(10)21)7-8-22-14/h7-9H,1-6H2,(H,15,20). The summed E-state index contributed by atoms with van der Waals surface area (Å²) in [6.07, 6.45) is 5.12. The van der Waals surface area contributed by atoms with E-state index in [-0.39, 0.29) is 17.0 Å². The summed E-state index contributed by atoms with van der Waals surface area (Å²) in [7, 11) is 0. The highest BCUT2D eigenvalue weighted by atomic mass is 32.1. The molecule has 116 valence electrons. The highest BCUT2D eigenvalue weighted by molar-refractivity contribution is 7.15. The summed E-state index contributed by atoms with van der Waals surface area (Å²) in [5, 5.41) is 4.46. The molecule has 3 rings (SSSR count). The fourth-order valence-electron chi connectivity index (χ4n) is 2.49. The maximum atomic E-state index is 12.1. The van der Waals surface area contributed by atoms with Crippen LogP contribution in [0.4, 0.5) is 0 Å². The summed E-state index contributed by atoms with van der Waals surface area (Å²) in [6, 6.07) is 0. The molecule has 0 saturated carbocycles. The third-order valence-corrected chi connectivity index (χ3v) is 4.42. The summed E-state index contributed by atoms with van der Waals surface area (Å²) in [5.74, 6) is -0.248. The lowest BCUT2D eigenvalue weighted by Gasteiger charge is -2.15.